The second kappa shape index (κ2) is 7.61. The molecule has 0 fully saturated rings. The van der Waals surface area contributed by atoms with Gasteiger partial charge in [0.15, 0.2) is 5.11 Å². The largest absolute Gasteiger partial charge is 0.497 e. The zero-order valence-corrected chi connectivity index (χ0v) is 13.6. The van der Waals surface area contributed by atoms with Gasteiger partial charge in [-0.25, -0.2) is 0 Å². The number of hydrogen-bond donors (Lipinski definition) is 2. The van der Waals surface area contributed by atoms with Crippen LogP contribution in [0.3, 0.4) is 0 Å². The van der Waals surface area contributed by atoms with Crippen LogP contribution in [-0.2, 0) is 0 Å². The predicted octanol–water partition coefficient (Wildman–Crippen LogP) is 3.15. The van der Waals surface area contributed by atoms with E-state index in [-0.39, 0.29) is 6.04 Å². The van der Waals surface area contributed by atoms with Crippen LogP contribution < -0.4 is 20.1 Å². The van der Waals surface area contributed by atoms with Gasteiger partial charge in [0.2, 0.25) is 0 Å². The first-order valence-corrected chi connectivity index (χ1v) is 7.24. The molecular weight excluding hydrogens is 298 g/mol. The molecule has 22 heavy (non-hydrogen) atoms. The van der Waals surface area contributed by atoms with Gasteiger partial charge in [-0.3, -0.25) is 4.98 Å². The van der Waals surface area contributed by atoms with Gasteiger partial charge in [0, 0.05) is 18.5 Å². The molecule has 1 unspecified atom stereocenters. The molecular formula is C16H19N3O2S. The summed E-state index contributed by atoms with van der Waals surface area (Å²) in [6.45, 7) is 2.04. The van der Waals surface area contributed by atoms with Gasteiger partial charge in [0.25, 0.3) is 0 Å². The SMILES string of the molecule is COc1ccc(NC(=S)NC(C)c2ccncc2)c(OC)c1. The molecule has 0 saturated heterocycles. The molecule has 1 atom stereocenters. The van der Waals surface area contributed by atoms with Crippen molar-refractivity contribution in [1.82, 2.24) is 10.3 Å². The first-order chi connectivity index (χ1) is 10.6. The van der Waals surface area contributed by atoms with Crippen molar-refractivity contribution < 1.29 is 9.47 Å². The standard InChI is InChI=1S/C16H19N3O2S/c1-11(12-6-8-17-9-7-12)18-16(22)19-14-5-4-13(20-2)10-15(14)21-3/h4-11H,1-3H3,(H2,18,19,22). The maximum atomic E-state index is 5.36. The second-order valence-corrected chi connectivity index (χ2v) is 5.08. The molecule has 0 aliphatic heterocycles. The van der Waals surface area contributed by atoms with Crippen molar-refractivity contribution in [3.8, 4) is 11.5 Å². The van der Waals surface area contributed by atoms with Gasteiger partial charge in [0.05, 0.1) is 25.9 Å². The first kappa shape index (κ1) is 16.0. The maximum absolute atomic E-state index is 5.36. The number of nitrogens with zero attached hydrogens (tertiary/aromatic N) is 1. The lowest BCUT2D eigenvalue weighted by atomic mass is 10.1. The Balaban J connectivity index is 2.03. The zero-order chi connectivity index (χ0) is 15.9. The Morgan fingerprint density at radius 1 is 1.14 bits per heavy atom. The van der Waals surface area contributed by atoms with Crippen molar-refractivity contribution in [3.05, 3.63) is 48.3 Å². The normalized spacial score (nSPS) is 11.4. The summed E-state index contributed by atoms with van der Waals surface area (Å²) in [4.78, 5) is 4.01. The molecule has 1 aromatic carbocycles. The number of anilines is 1. The van der Waals surface area contributed by atoms with Crippen LogP contribution >= 0.6 is 12.2 Å². The average molecular weight is 317 g/mol. The molecule has 0 amide bonds. The van der Waals surface area contributed by atoms with Gasteiger partial charge in [-0.05, 0) is 49.0 Å². The van der Waals surface area contributed by atoms with E-state index in [2.05, 4.69) is 15.6 Å². The van der Waals surface area contributed by atoms with Gasteiger partial charge in [-0.1, -0.05) is 0 Å². The van der Waals surface area contributed by atoms with Gasteiger partial charge in [0.1, 0.15) is 11.5 Å². The molecule has 0 aliphatic rings. The highest BCUT2D eigenvalue weighted by molar-refractivity contribution is 7.80. The van der Waals surface area contributed by atoms with Gasteiger partial charge in [-0.2, -0.15) is 0 Å². The Bertz CT molecular complexity index is 635. The summed E-state index contributed by atoms with van der Waals surface area (Å²) in [7, 11) is 3.22. The number of aromatic nitrogens is 1. The van der Waals surface area contributed by atoms with E-state index in [4.69, 9.17) is 21.7 Å². The minimum absolute atomic E-state index is 0.0762. The van der Waals surface area contributed by atoms with Gasteiger partial charge in [-0.15, -0.1) is 0 Å². The first-order valence-electron chi connectivity index (χ1n) is 6.83. The number of hydrogen-bond acceptors (Lipinski definition) is 4. The molecule has 6 heteroatoms. The molecule has 2 aromatic rings. The molecule has 0 aliphatic carbocycles. The van der Waals surface area contributed by atoms with Crippen LogP contribution in [0.15, 0.2) is 42.7 Å². The van der Waals surface area contributed by atoms with E-state index in [1.54, 1.807) is 32.7 Å². The number of rotatable bonds is 5. The van der Waals surface area contributed by atoms with Crippen LogP contribution in [0.4, 0.5) is 5.69 Å². The highest BCUT2D eigenvalue weighted by Gasteiger charge is 2.10. The summed E-state index contributed by atoms with van der Waals surface area (Å²) in [5, 5.41) is 6.89. The van der Waals surface area contributed by atoms with E-state index >= 15 is 0 Å². The highest BCUT2D eigenvalue weighted by atomic mass is 32.1. The van der Waals surface area contributed by atoms with E-state index in [1.807, 2.05) is 31.2 Å². The quantitative estimate of drug-likeness (QED) is 0.826. The van der Waals surface area contributed by atoms with Crippen molar-refractivity contribution in [1.29, 1.82) is 0 Å². The Morgan fingerprint density at radius 3 is 2.50 bits per heavy atom. The molecule has 0 spiro atoms. The zero-order valence-electron chi connectivity index (χ0n) is 12.8. The maximum Gasteiger partial charge on any atom is 0.171 e. The fraction of sp³-hybridized carbons (Fsp3) is 0.250. The average Bonchev–Trinajstić information content (AvgIpc) is 2.55. The molecule has 0 radical (unpaired) electrons. The molecule has 1 heterocycles. The molecule has 1 aromatic heterocycles. The second-order valence-electron chi connectivity index (χ2n) is 4.67. The van der Waals surface area contributed by atoms with Crippen molar-refractivity contribution in [3.63, 3.8) is 0 Å². The molecule has 5 nitrogen and oxygen atoms in total. The predicted molar refractivity (Wildman–Crippen MR) is 91.6 cm³/mol. The fourth-order valence-electron chi connectivity index (χ4n) is 1.99. The molecule has 116 valence electrons. The van der Waals surface area contributed by atoms with Crippen LogP contribution in [0.5, 0.6) is 11.5 Å². The van der Waals surface area contributed by atoms with E-state index in [1.165, 1.54) is 0 Å². The van der Waals surface area contributed by atoms with E-state index in [9.17, 15) is 0 Å². The van der Waals surface area contributed by atoms with Crippen molar-refractivity contribution >= 4 is 23.0 Å². The number of methoxy groups -OCH3 is 2. The fourth-order valence-corrected chi connectivity index (χ4v) is 2.28. The van der Waals surface area contributed by atoms with Crippen LogP contribution in [0.1, 0.15) is 18.5 Å². The smallest absolute Gasteiger partial charge is 0.171 e. The van der Waals surface area contributed by atoms with E-state index < -0.39 is 0 Å². The lowest BCUT2D eigenvalue weighted by molar-refractivity contribution is 0.395. The third-order valence-corrected chi connectivity index (χ3v) is 3.43. The molecule has 2 rings (SSSR count). The summed E-state index contributed by atoms with van der Waals surface area (Å²) in [6.07, 6.45) is 3.52. The van der Waals surface area contributed by atoms with Gasteiger partial charge < -0.3 is 20.1 Å². The Labute approximate surface area is 135 Å². The third-order valence-electron chi connectivity index (χ3n) is 3.21. The number of pyridine rings is 1. The van der Waals surface area contributed by atoms with Crippen molar-refractivity contribution in [2.45, 2.75) is 13.0 Å². The Hall–Kier alpha value is -2.34. The number of nitrogens with one attached hydrogen (secondary N) is 2. The van der Waals surface area contributed by atoms with Gasteiger partial charge >= 0.3 is 0 Å². The molecule has 0 bridgehead atoms. The summed E-state index contributed by atoms with van der Waals surface area (Å²) in [5.74, 6) is 1.39. The minimum atomic E-state index is 0.0762. The van der Waals surface area contributed by atoms with Crippen molar-refractivity contribution in [2.24, 2.45) is 0 Å². The Morgan fingerprint density at radius 2 is 1.86 bits per heavy atom. The molecule has 2 N–H and O–H groups in total. The third kappa shape index (κ3) is 4.08. The summed E-state index contributed by atoms with van der Waals surface area (Å²) >= 11 is 5.36. The van der Waals surface area contributed by atoms with E-state index in [0.29, 0.717) is 10.9 Å². The number of thiocarbonyl (C=S) groups is 1. The molecule has 0 saturated carbocycles. The number of ether oxygens (including phenoxy) is 2. The van der Waals surface area contributed by atoms with Crippen LogP contribution in [0.25, 0.3) is 0 Å². The Kier molecular flexibility index (Phi) is 5.55. The monoisotopic (exact) mass is 317 g/mol. The lowest BCUT2D eigenvalue weighted by Crippen LogP contribution is -2.31. The van der Waals surface area contributed by atoms with Crippen molar-refractivity contribution in [2.75, 3.05) is 19.5 Å². The lowest BCUT2D eigenvalue weighted by Gasteiger charge is -2.18. The minimum Gasteiger partial charge on any atom is -0.497 e. The number of benzene rings is 1. The summed E-state index contributed by atoms with van der Waals surface area (Å²) < 4.78 is 10.5. The topological polar surface area (TPSA) is 55.4 Å². The summed E-state index contributed by atoms with van der Waals surface area (Å²) in [6, 6.07) is 9.50. The highest BCUT2D eigenvalue weighted by Crippen LogP contribution is 2.29. The van der Waals surface area contributed by atoms with E-state index in [0.717, 1.165) is 17.0 Å². The van der Waals surface area contributed by atoms with Crippen LogP contribution in [-0.4, -0.2) is 24.3 Å². The summed E-state index contributed by atoms with van der Waals surface area (Å²) in [5.41, 5.74) is 1.89. The van der Waals surface area contributed by atoms with Crippen LogP contribution in [0, 0.1) is 0 Å². The van der Waals surface area contributed by atoms with Crippen LogP contribution in [0.2, 0.25) is 0 Å².